The van der Waals surface area contributed by atoms with Gasteiger partial charge in [0, 0.05) is 13.1 Å². The first-order valence-corrected chi connectivity index (χ1v) is 5.21. The maximum atomic E-state index is 5.38. The lowest BCUT2D eigenvalue weighted by Gasteiger charge is -2.36. The van der Waals surface area contributed by atoms with E-state index >= 15 is 0 Å². The van der Waals surface area contributed by atoms with Crippen LogP contribution in [-0.2, 0) is 0 Å². The van der Waals surface area contributed by atoms with Crippen LogP contribution in [0.25, 0.3) is 0 Å². The van der Waals surface area contributed by atoms with Crippen LogP contribution in [-0.4, -0.2) is 31.1 Å². The SMILES string of the molecule is CC1(C)CCN(CC=CCN)CC1. The minimum absolute atomic E-state index is 0.564. The van der Waals surface area contributed by atoms with Gasteiger partial charge in [-0.05, 0) is 31.3 Å². The van der Waals surface area contributed by atoms with E-state index in [0.29, 0.717) is 12.0 Å². The van der Waals surface area contributed by atoms with Crippen LogP contribution >= 0.6 is 0 Å². The van der Waals surface area contributed by atoms with Crippen molar-refractivity contribution in [2.75, 3.05) is 26.2 Å². The fraction of sp³-hybridized carbons (Fsp3) is 0.818. The maximum Gasteiger partial charge on any atom is 0.0163 e. The monoisotopic (exact) mass is 182 g/mol. The standard InChI is InChI=1S/C11H22N2/c1-11(2)5-9-13(10-6-11)8-4-3-7-12/h3-4H,5-10,12H2,1-2H3. The highest BCUT2D eigenvalue weighted by Crippen LogP contribution is 2.29. The van der Waals surface area contributed by atoms with Gasteiger partial charge in [-0.2, -0.15) is 0 Å². The van der Waals surface area contributed by atoms with Crippen molar-refractivity contribution >= 4 is 0 Å². The topological polar surface area (TPSA) is 29.3 Å². The summed E-state index contributed by atoms with van der Waals surface area (Å²) >= 11 is 0. The molecule has 1 heterocycles. The van der Waals surface area contributed by atoms with Gasteiger partial charge < -0.3 is 5.73 Å². The molecule has 0 aromatic carbocycles. The zero-order chi connectivity index (χ0) is 9.73. The van der Waals surface area contributed by atoms with Gasteiger partial charge in [0.05, 0.1) is 0 Å². The van der Waals surface area contributed by atoms with E-state index < -0.39 is 0 Å². The molecule has 0 unspecified atom stereocenters. The van der Waals surface area contributed by atoms with E-state index in [-0.39, 0.29) is 0 Å². The van der Waals surface area contributed by atoms with E-state index in [0.717, 1.165) is 6.54 Å². The van der Waals surface area contributed by atoms with Gasteiger partial charge in [-0.25, -0.2) is 0 Å². The Morgan fingerprint density at radius 3 is 2.38 bits per heavy atom. The minimum Gasteiger partial charge on any atom is -0.327 e. The molecular formula is C11H22N2. The van der Waals surface area contributed by atoms with Crippen molar-refractivity contribution in [3.8, 4) is 0 Å². The highest BCUT2D eigenvalue weighted by molar-refractivity contribution is 4.88. The summed E-state index contributed by atoms with van der Waals surface area (Å²) in [7, 11) is 0. The Bertz CT molecular complexity index is 163. The summed E-state index contributed by atoms with van der Waals surface area (Å²) < 4.78 is 0. The average Bonchev–Trinajstić information content (AvgIpc) is 2.08. The summed E-state index contributed by atoms with van der Waals surface area (Å²) in [6.07, 6.45) is 6.87. The van der Waals surface area contributed by atoms with E-state index in [1.807, 2.05) is 6.08 Å². The fourth-order valence-electron chi connectivity index (χ4n) is 1.66. The molecule has 2 nitrogen and oxygen atoms in total. The normalized spacial score (nSPS) is 23.9. The predicted octanol–water partition coefficient (Wildman–Crippen LogP) is 1.62. The number of nitrogens with zero attached hydrogens (tertiary/aromatic N) is 1. The molecule has 0 spiro atoms. The first kappa shape index (κ1) is 10.7. The zero-order valence-electron chi connectivity index (χ0n) is 8.92. The van der Waals surface area contributed by atoms with Crippen LogP contribution < -0.4 is 5.73 Å². The molecule has 0 atom stereocenters. The molecule has 1 aliphatic rings. The highest BCUT2D eigenvalue weighted by Gasteiger charge is 2.24. The van der Waals surface area contributed by atoms with Crippen LogP contribution in [0.2, 0.25) is 0 Å². The summed E-state index contributed by atoms with van der Waals surface area (Å²) in [5.74, 6) is 0. The van der Waals surface area contributed by atoms with Crippen LogP contribution in [0.4, 0.5) is 0 Å². The lowest BCUT2D eigenvalue weighted by atomic mass is 9.83. The number of likely N-dealkylation sites (tertiary alicyclic amines) is 1. The van der Waals surface area contributed by atoms with Crippen LogP contribution in [0, 0.1) is 5.41 Å². The van der Waals surface area contributed by atoms with E-state index in [1.54, 1.807) is 0 Å². The Hall–Kier alpha value is -0.340. The molecule has 0 saturated carbocycles. The molecule has 0 aromatic rings. The van der Waals surface area contributed by atoms with Crippen molar-refractivity contribution in [2.24, 2.45) is 11.1 Å². The number of piperidine rings is 1. The van der Waals surface area contributed by atoms with Gasteiger partial charge in [-0.15, -0.1) is 0 Å². The van der Waals surface area contributed by atoms with E-state index in [2.05, 4.69) is 24.8 Å². The molecule has 1 saturated heterocycles. The van der Waals surface area contributed by atoms with Crippen LogP contribution in [0.5, 0.6) is 0 Å². The summed E-state index contributed by atoms with van der Waals surface area (Å²) in [5, 5.41) is 0. The van der Waals surface area contributed by atoms with Crippen LogP contribution in [0.1, 0.15) is 26.7 Å². The second kappa shape index (κ2) is 4.77. The Morgan fingerprint density at radius 2 is 1.85 bits per heavy atom. The van der Waals surface area contributed by atoms with Gasteiger partial charge in [0.15, 0.2) is 0 Å². The van der Waals surface area contributed by atoms with E-state index in [1.165, 1.54) is 25.9 Å². The molecule has 0 aliphatic carbocycles. The lowest BCUT2D eigenvalue weighted by molar-refractivity contribution is 0.144. The second-order valence-electron chi connectivity index (χ2n) is 4.67. The number of rotatable bonds is 3. The van der Waals surface area contributed by atoms with Crippen molar-refractivity contribution < 1.29 is 0 Å². The average molecular weight is 182 g/mol. The highest BCUT2D eigenvalue weighted by atomic mass is 15.1. The number of nitrogens with two attached hydrogens (primary N) is 1. The molecule has 2 N–H and O–H groups in total. The van der Waals surface area contributed by atoms with Crippen molar-refractivity contribution in [2.45, 2.75) is 26.7 Å². The third kappa shape index (κ3) is 3.92. The van der Waals surface area contributed by atoms with Crippen molar-refractivity contribution in [1.29, 1.82) is 0 Å². The summed E-state index contributed by atoms with van der Waals surface area (Å²) in [4.78, 5) is 2.50. The van der Waals surface area contributed by atoms with E-state index in [9.17, 15) is 0 Å². The second-order valence-corrected chi connectivity index (χ2v) is 4.67. The molecule has 1 fully saturated rings. The van der Waals surface area contributed by atoms with Gasteiger partial charge in [-0.1, -0.05) is 26.0 Å². The Labute approximate surface area is 81.8 Å². The van der Waals surface area contributed by atoms with Crippen LogP contribution in [0.3, 0.4) is 0 Å². The molecule has 0 amide bonds. The summed E-state index contributed by atoms with van der Waals surface area (Å²) in [5.41, 5.74) is 5.95. The Kier molecular flexibility index (Phi) is 3.94. The number of hydrogen-bond donors (Lipinski definition) is 1. The summed E-state index contributed by atoms with van der Waals surface area (Å²) in [6, 6.07) is 0. The Balaban J connectivity index is 2.21. The lowest BCUT2D eigenvalue weighted by Crippen LogP contribution is -2.37. The Morgan fingerprint density at radius 1 is 1.23 bits per heavy atom. The molecule has 13 heavy (non-hydrogen) atoms. The molecular weight excluding hydrogens is 160 g/mol. The molecule has 0 radical (unpaired) electrons. The molecule has 76 valence electrons. The summed E-state index contributed by atoms with van der Waals surface area (Å²) in [6.45, 7) is 8.94. The predicted molar refractivity (Wildman–Crippen MR) is 57.6 cm³/mol. The maximum absolute atomic E-state index is 5.38. The van der Waals surface area contributed by atoms with Crippen LogP contribution in [0.15, 0.2) is 12.2 Å². The molecule has 2 heteroatoms. The first-order valence-electron chi connectivity index (χ1n) is 5.21. The first-order chi connectivity index (χ1) is 6.14. The molecule has 1 rings (SSSR count). The van der Waals surface area contributed by atoms with Gasteiger partial charge in [0.2, 0.25) is 0 Å². The smallest absolute Gasteiger partial charge is 0.0163 e. The largest absolute Gasteiger partial charge is 0.327 e. The van der Waals surface area contributed by atoms with E-state index in [4.69, 9.17) is 5.73 Å². The van der Waals surface area contributed by atoms with Crippen molar-refractivity contribution in [3.63, 3.8) is 0 Å². The quantitative estimate of drug-likeness (QED) is 0.672. The minimum atomic E-state index is 0.564. The number of hydrogen-bond acceptors (Lipinski definition) is 2. The zero-order valence-corrected chi connectivity index (χ0v) is 8.92. The van der Waals surface area contributed by atoms with Gasteiger partial charge in [0.1, 0.15) is 0 Å². The van der Waals surface area contributed by atoms with Gasteiger partial charge in [0.25, 0.3) is 0 Å². The third-order valence-electron chi connectivity index (χ3n) is 2.88. The molecule has 0 aromatic heterocycles. The van der Waals surface area contributed by atoms with Crippen molar-refractivity contribution in [3.05, 3.63) is 12.2 Å². The molecule has 0 bridgehead atoms. The molecule has 1 aliphatic heterocycles. The fourth-order valence-corrected chi connectivity index (χ4v) is 1.66. The van der Waals surface area contributed by atoms with Crippen molar-refractivity contribution in [1.82, 2.24) is 4.90 Å². The van der Waals surface area contributed by atoms with Gasteiger partial charge >= 0.3 is 0 Å². The third-order valence-corrected chi connectivity index (χ3v) is 2.88. The van der Waals surface area contributed by atoms with Gasteiger partial charge in [-0.3, -0.25) is 4.90 Å².